The molecule has 0 aromatic carbocycles. The van der Waals surface area contributed by atoms with Crippen molar-refractivity contribution in [3.05, 3.63) is 0 Å². The van der Waals surface area contributed by atoms with Gasteiger partial charge >= 0.3 is 11.9 Å². The number of ether oxygens (including phenoxy) is 1. The molecule has 8 saturated carbocycles. The van der Waals surface area contributed by atoms with Gasteiger partial charge < -0.3 is 20.1 Å². The van der Waals surface area contributed by atoms with Crippen molar-refractivity contribution in [2.24, 2.45) is 92.7 Å². The van der Waals surface area contributed by atoms with Crippen LogP contribution in [0.25, 0.3) is 0 Å². The lowest BCUT2D eigenvalue weighted by Gasteiger charge is -2.62. The molecule has 3 N–H and O–H groups in total. The van der Waals surface area contributed by atoms with Crippen LogP contribution in [0.3, 0.4) is 0 Å². The van der Waals surface area contributed by atoms with E-state index in [1.807, 2.05) is 0 Å². The van der Waals surface area contributed by atoms with Crippen LogP contribution in [0.5, 0.6) is 0 Å². The molecule has 55 heavy (non-hydrogen) atoms. The number of aliphatic carboxylic acids is 1. The van der Waals surface area contributed by atoms with Crippen LogP contribution in [-0.4, -0.2) is 51.4 Å². The van der Waals surface area contributed by atoms with Crippen LogP contribution in [0.15, 0.2) is 0 Å². The normalized spacial score (nSPS) is 51.3. The van der Waals surface area contributed by atoms with Gasteiger partial charge in [-0.3, -0.25) is 14.4 Å². The van der Waals surface area contributed by atoms with E-state index in [1.54, 1.807) is 0 Å². The predicted molar refractivity (Wildman–Crippen MR) is 213 cm³/mol. The zero-order chi connectivity index (χ0) is 39.2. The van der Waals surface area contributed by atoms with E-state index in [4.69, 9.17) is 4.74 Å². The summed E-state index contributed by atoms with van der Waals surface area (Å²) in [5, 5.41) is 31.7. The lowest BCUT2D eigenvalue weighted by molar-refractivity contribution is -0.181. The largest absolute Gasteiger partial charge is 0.481 e. The van der Waals surface area contributed by atoms with Crippen molar-refractivity contribution < 1.29 is 34.4 Å². The van der Waals surface area contributed by atoms with Crippen LogP contribution in [0.2, 0.25) is 0 Å². The third-order valence-electron chi connectivity index (χ3n) is 20.7. The molecule has 0 heterocycles. The van der Waals surface area contributed by atoms with E-state index < -0.39 is 5.97 Å². The third-order valence-corrected chi connectivity index (χ3v) is 20.7. The van der Waals surface area contributed by atoms with Gasteiger partial charge in [0.1, 0.15) is 11.9 Å². The molecule has 0 amide bonds. The van der Waals surface area contributed by atoms with Crippen LogP contribution in [-0.2, 0) is 19.1 Å². The maximum Gasteiger partial charge on any atom is 0.306 e. The van der Waals surface area contributed by atoms with Gasteiger partial charge in [-0.25, -0.2) is 0 Å². The molecule has 0 aliphatic heterocycles. The van der Waals surface area contributed by atoms with Crippen LogP contribution in [0.1, 0.15) is 170 Å². The molecule has 8 aliphatic carbocycles. The summed E-state index contributed by atoms with van der Waals surface area (Å²) in [6.07, 6.45) is 18.1. The number of carboxylic acids is 1. The van der Waals surface area contributed by atoms with Gasteiger partial charge in [-0.1, -0.05) is 41.5 Å². The highest BCUT2D eigenvalue weighted by molar-refractivity contribution is 5.87. The number of aliphatic hydroxyl groups is 2. The quantitative estimate of drug-likeness (QED) is 0.200. The Kier molecular flexibility index (Phi) is 10.7. The van der Waals surface area contributed by atoms with Gasteiger partial charge in [-0.15, -0.1) is 0 Å². The van der Waals surface area contributed by atoms with Gasteiger partial charge in [0.25, 0.3) is 0 Å². The Hall–Kier alpha value is -1.47. The first-order valence-corrected chi connectivity index (χ1v) is 23.3. The number of carboxylic acid groups (broad SMARTS) is 1. The second-order valence-corrected chi connectivity index (χ2v) is 22.4. The van der Waals surface area contributed by atoms with E-state index >= 15 is 0 Å². The first-order valence-electron chi connectivity index (χ1n) is 23.3. The Bertz CT molecular complexity index is 1480. The molecule has 19 atom stereocenters. The number of carbonyl (C=O) groups excluding carboxylic acids is 2. The molecule has 7 heteroatoms. The summed E-state index contributed by atoms with van der Waals surface area (Å²) in [5.74, 6) is 5.23. The van der Waals surface area contributed by atoms with Crippen LogP contribution in [0.4, 0.5) is 0 Å². The summed E-state index contributed by atoms with van der Waals surface area (Å²) < 4.78 is 6.30. The minimum Gasteiger partial charge on any atom is -0.481 e. The summed E-state index contributed by atoms with van der Waals surface area (Å²) in [4.78, 5) is 39.1. The van der Waals surface area contributed by atoms with Crippen molar-refractivity contribution in [1.82, 2.24) is 0 Å². The number of fused-ring (bicyclic) bond motifs is 10. The number of ketones is 1. The second-order valence-electron chi connectivity index (χ2n) is 22.4. The summed E-state index contributed by atoms with van der Waals surface area (Å²) in [7, 11) is 0. The minimum atomic E-state index is -0.723. The maximum absolute atomic E-state index is 14.3. The minimum absolute atomic E-state index is 0.0233. The van der Waals surface area contributed by atoms with E-state index in [2.05, 4.69) is 41.5 Å². The highest BCUT2D eigenvalue weighted by Gasteiger charge is 2.65. The fraction of sp³-hybridized carbons (Fsp3) is 0.938. The van der Waals surface area contributed by atoms with Crippen molar-refractivity contribution in [3.63, 3.8) is 0 Å². The first-order chi connectivity index (χ1) is 26.0. The zero-order valence-electron chi connectivity index (χ0n) is 35.3. The van der Waals surface area contributed by atoms with Crippen LogP contribution in [0, 0.1) is 92.7 Å². The Morgan fingerprint density at radius 1 is 0.691 bits per heavy atom. The van der Waals surface area contributed by atoms with Gasteiger partial charge in [-0.05, 0) is 196 Å². The molecule has 4 unspecified atom stereocenters. The van der Waals surface area contributed by atoms with Crippen molar-refractivity contribution in [2.45, 2.75) is 188 Å². The van der Waals surface area contributed by atoms with Crippen molar-refractivity contribution in [1.29, 1.82) is 0 Å². The zero-order valence-corrected chi connectivity index (χ0v) is 35.3. The summed E-state index contributed by atoms with van der Waals surface area (Å²) in [6.45, 7) is 14.1. The summed E-state index contributed by atoms with van der Waals surface area (Å²) in [6, 6.07) is 0. The number of carbonyl (C=O) groups is 3. The standard InChI is InChI=1S/C48H76O7/c1-27(7-17-43(52)53)35-13-15-38-34-12-10-30-24-32(20-22-46(30,4)40(34)26-42(51)47(35,38)5)55-44(54)18-8-28(2)36-14-16-37-33-11-9-29-23-31(49)19-21-45(29,3)39(33)25-41(50)48(36,37)6/h27-40,42,49,51H,7-26H2,1-6H3,(H,52,53)/t27-,28-,29?,30-,31-,32-,33?,34+,35-,36-,37?,38+,39?,40+,42+,45+,46+,47-,48-/m1/s1. The van der Waals surface area contributed by atoms with E-state index in [0.717, 1.165) is 77.0 Å². The predicted octanol–water partition coefficient (Wildman–Crippen LogP) is 9.64. The molecule has 0 spiro atoms. The topological polar surface area (TPSA) is 121 Å². The number of Topliss-reactive ketones (excluding diaryl/α,β-unsaturated/α-hetero) is 1. The number of hydrogen-bond acceptors (Lipinski definition) is 6. The van der Waals surface area contributed by atoms with E-state index in [1.165, 1.54) is 25.7 Å². The number of rotatable bonds is 9. The molecule has 0 aromatic heterocycles. The van der Waals surface area contributed by atoms with Gasteiger partial charge in [-0.2, -0.15) is 0 Å². The smallest absolute Gasteiger partial charge is 0.306 e. The molecular formula is C48H76O7. The van der Waals surface area contributed by atoms with Gasteiger partial charge in [0.2, 0.25) is 0 Å². The molecule has 0 aromatic rings. The Balaban J connectivity index is 0.847. The van der Waals surface area contributed by atoms with Gasteiger partial charge in [0.05, 0.1) is 12.2 Å². The summed E-state index contributed by atoms with van der Waals surface area (Å²) in [5.41, 5.74) is -0.0689. The lowest BCUT2D eigenvalue weighted by atomic mass is 9.43. The molecular weight excluding hydrogens is 689 g/mol. The fourth-order valence-corrected chi connectivity index (χ4v) is 17.5. The fourth-order valence-electron chi connectivity index (χ4n) is 17.5. The Morgan fingerprint density at radius 2 is 1.29 bits per heavy atom. The molecule has 7 nitrogen and oxygen atoms in total. The molecule has 0 radical (unpaired) electrons. The van der Waals surface area contributed by atoms with E-state index in [0.29, 0.717) is 96.1 Å². The first kappa shape index (κ1) is 40.3. The molecule has 8 fully saturated rings. The summed E-state index contributed by atoms with van der Waals surface area (Å²) >= 11 is 0. The second kappa shape index (κ2) is 14.7. The van der Waals surface area contributed by atoms with E-state index in [-0.39, 0.29) is 52.4 Å². The van der Waals surface area contributed by atoms with Crippen molar-refractivity contribution in [2.75, 3.05) is 0 Å². The SMILES string of the molecule is C[C@H](CCC(=O)O)[C@H]1CC[C@H]2[C@@H]3CC[C@@H]4C[C@H](OC(=O)CC[C@@H](C)[C@H]5CCC6C7CCC8C[C@H](O)CC[C@]8(C)C7CC(=O)[C@@]65C)CC[C@]4(C)[C@H]3C[C@H](O)[C@]12C. The van der Waals surface area contributed by atoms with Gasteiger partial charge in [0, 0.05) is 24.7 Å². The average Bonchev–Trinajstić information content (AvgIpc) is 3.70. The highest BCUT2D eigenvalue weighted by Crippen LogP contribution is 2.70. The third kappa shape index (κ3) is 6.42. The number of hydrogen-bond donors (Lipinski definition) is 3. The monoisotopic (exact) mass is 765 g/mol. The Labute approximate surface area is 332 Å². The van der Waals surface area contributed by atoms with Crippen LogP contribution >= 0.6 is 0 Å². The molecule has 0 bridgehead atoms. The highest BCUT2D eigenvalue weighted by atomic mass is 16.5. The van der Waals surface area contributed by atoms with Crippen molar-refractivity contribution in [3.8, 4) is 0 Å². The average molecular weight is 765 g/mol. The molecule has 310 valence electrons. The lowest BCUT2D eigenvalue weighted by Crippen LogP contribution is -2.59. The number of esters is 1. The maximum atomic E-state index is 14.3. The Morgan fingerprint density at radius 3 is 2.02 bits per heavy atom. The van der Waals surface area contributed by atoms with Gasteiger partial charge in [0.15, 0.2) is 0 Å². The van der Waals surface area contributed by atoms with E-state index in [9.17, 15) is 29.7 Å². The number of aliphatic hydroxyl groups excluding tert-OH is 2. The molecule has 8 aliphatic rings. The molecule has 8 rings (SSSR count). The van der Waals surface area contributed by atoms with Crippen molar-refractivity contribution >= 4 is 17.7 Å². The van der Waals surface area contributed by atoms with Crippen LogP contribution < -0.4 is 0 Å². The molecule has 0 saturated heterocycles.